The van der Waals surface area contributed by atoms with E-state index >= 15 is 0 Å². The molecule has 0 aliphatic carbocycles. The molecule has 0 radical (unpaired) electrons. The monoisotopic (exact) mass is 343 g/mol. The van der Waals surface area contributed by atoms with Crippen molar-refractivity contribution >= 4 is 35.4 Å². The van der Waals surface area contributed by atoms with E-state index in [0.29, 0.717) is 17.7 Å². The molecular weight excluding hydrogens is 330 g/mol. The van der Waals surface area contributed by atoms with Crippen LogP contribution >= 0.6 is 0 Å². The van der Waals surface area contributed by atoms with Crippen LogP contribution in [0, 0.1) is 20.2 Å². The van der Waals surface area contributed by atoms with Crippen molar-refractivity contribution in [2.45, 2.75) is 0 Å². The van der Waals surface area contributed by atoms with Crippen LogP contribution in [0.3, 0.4) is 0 Å². The van der Waals surface area contributed by atoms with Gasteiger partial charge in [0.15, 0.2) is 0 Å². The second-order valence-corrected chi connectivity index (χ2v) is 4.86. The Morgan fingerprint density at radius 1 is 1.12 bits per heavy atom. The maximum absolute atomic E-state index is 11.1. The molecule has 0 unspecified atom stereocenters. The van der Waals surface area contributed by atoms with Gasteiger partial charge in [0.1, 0.15) is 5.69 Å². The van der Waals surface area contributed by atoms with Crippen LogP contribution in [0.2, 0.25) is 0 Å². The molecule has 0 heterocycles. The number of hydrazone groups is 1. The molecule has 25 heavy (non-hydrogen) atoms. The Bertz CT molecular complexity index is 852. The molecule has 2 aromatic rings. The van der Waals surface area contributed by atoms with Crippen molar-refractivity contribution in [3.63, 3.8) is 0 Å². The second-order valence-electron chi connectivity index (χ2n) is 4.86. The lowest BCUT2D eigenvalue weighted by atomic mass is 10.2. The molecule has 128 valence electrons. The van der Waals surface area contributed by atoms with Crippen molar-refractivity contribution in [1.82, 2.24) is 0 Å². The molecule has 0 aliphatic heterocycles. The number of nitrogens with zero attached hydrogens (tertiary/aromatic N) is 4. The number of benzene rings is 2. The van der Waals surface area contributed by atoms with Gasteiger partial charge >= 0.3 is 5.69 Å². The standard InChI is InChI=1S/C15H13N5O5/c1-18(10-21)14-5-3-2-4-11(14)9-16-17-13-7-6-12(19(22)23)8-15(13)20(24)25/h2-10,17H,1H3/b16-9-. The highest BCUT2D eigenvalue weighted by molar-refractivity contribution is 5.92. The van der Waals surface area contributed by atoms with Gasteiger partial charge in [0.25, 0.3) is 5.69 Å². The zero-order valence-corrected chi connectivity index (χ0v) is 13.0. The Morgan fingerprint density at radius 2 is 1.84 bits per heavy atom. The molecule has 0 saturated carbocycles. The molecule has 0 aromatic heterocycles. The molecule has 2 aromatic carbocycles. The van der Waals surface area contributed by atoms with E-state index in [-0.39, 0.29) is 11.4 Å². The summed E-state index contributed by atoms with van der Waals surface area (Å²) in [5.41, 5.74) is 2.85. The fourth-order valence-corrected chi connectivity index (χ4v) is 2.03. The van der Waals surface area contributed by atoms with Gasteiger partial charge in [-0.05, 0) is 12.1 Å². The number of hydrogen-bond acceptors (Lipinski definition) is 7. The molecule has 2 rings (SSSR count). The molecular formula is C15H13N5O5. The number of non-ortho nitro benzene ring substituents is 1. The molecule has 0 fully saturated rings. The predicted octanol–water partition coefficient (Wildman–Crippen LogP) is 2.54. The summed E-state index contributed by atoms with van der Waals surface area (Å²) in [6.45, 7) is 0. The highest BCUT2D eigenvalue weighted by Crippen LogP contribution is 2.29. The lowest BCUT2D eigenvalue weighted by Gasteiger charge is -2.13. The summed E-state index contributed by atoms with van der Waals surface area (Å²) in [7, 11) is 1.58. The van der Waals surface area contributed by atoms with Crippen LogP contribution in [0.25, 0.3) is 0 Å². The van der Waals surface area contributed by atoms with E-state index in [0.717, 1.165) is 12.1 Å². The zero-order valence-electron chi connectivity index (χ0n) is 13.0. The van der Waals surface area contributed by atoms with E-state index in [1.54, 1.807) is 31.3 Å². The highest BCUT2D eigenvalue weighted by atomic mass is 16.6. The van der Waals surface area contributed by atoms with Crippen LogP contribution in [0.15, 0.2) is 47.6 Å². The number of nitro groups is 2. The Labute approximate surface area is 141 Å². The molecule has 0 atom stereocenters. The topological polar surface area (TPSA) is 131 Å². The average molecular weight is 343 g/mol. The second kappa shape index (κ2) is 7.64. The van der Waals surface area contributed by atoms with Crippen molar-refractivity contribution in [3.8, 4) is 0 Å². The summed E-state index contributed by atoms with van der Waals surface area (Å²) in [6.07, 6.45) is 2.03. The summed E-state index contributed by atoms with van der Waals surface area (Å²) in [5, 5.41) is 25.7. The average Bonchev–Trinajstić information content (AvgIpc) is 2.61. The van der Waals surface area contributed by atoms with E-state index in [9.17, 15) is 25.0 Å². The third-order valence-electron chi connectivity index (χ3n) is 3.25. The van der Waals surface area contributed by atoms with Crippen molar-refractivity contribution in [2.24, 2.45) is 5.10 Å². The van der Waals surface area contributed by atoms with E-state index in [1.807, 2.05) is 0 Å². The van der Waals surface area contributed by atoms with Gasteiger partial charge < -0.3 is 4.90 Å². The van der Waals surface area contributed by atoms with Gasteiger partial charge in [-0.2, -0.15) is 5.10 Å². The Morgan fingerprint density at radius 3 is 2.48 bits per heavy atom. The van der Waals surface area contributed by atoms with Crippen LogP contribution < -0.4 is 10.3 Å². The van der Waals surface area contributed by atoms with Crippen LogP contribution in [0.1, 0.15) is 5.56 Å². The summed E-state index contributed by atoms with van der Waals surface area (Å²) in [6, 6.07) is 10.1. The molecule has 0 spiro atoms. The quantitative estimate of drug-likeness (QED) is 0.356. The van der Waals surface area contributed by atoms with Crippen molar-refractivity contribution in [2.75, 3.05) is 17.4 Å². The minimum Gasteiger partial charge on any atom is -0.317 e. The molecule has 0 aliphatic rings. The Balaban J connectivity index is 2.27. The van der Waals surface area contributed by atoms with E-state index in [1.165, 1.54) is 17.2 Å². The summed E-state index contributed by atoms with van der Waals surface area (Å²) in [5.74, 6) is 0. The SMILES string of the molecule is CN(C=O)c1ccccc1/C=N\Nc1ccc([N+](=O)[O-])cc1[N+](=O)[O-]. The number of amides is 1. The first-order valence-corrected chi connectivity index (χ1v) is 6.93. The maximum Gasteiger partial charge on any atom is 0.301 e. The molecule has 1 N–H and O–H groups in total. The van der Waals surface area contributed by atoms with Crippen LogP contribution in [0.5, 0.6) is 0 Å². The van der Waals surface area contributed by atoms with Gasteiger partial charge in [0, 0.05) is 18.7 Å². The third-order valence-corrected chi connectivity index (χ3v) is 3.25. The highest BCUT2D eigenvalue weighted by Gasteiger charge is 2.19. The smallest absolute Gasteiger partial charge is 0.301 e. The van der Waals surface area contributed by atoms with Crippen LogP contribution in [0.4, 0.5) is 22.7 Å². The number of nitrogens with one attached hydrogen (secondary N) is 1. The Kier molecular flexibility index (Phi) is 5.36. The van der Waals surface area contributed by atoms with Crippen LogP contribution in [-0.2, 0) is 4.79 Å². The largest absolute Gasteiger partial charge is 0.317 e. The first-order chi connectivity index (χ1) is 11.9. The van der Waals surface area contributed by atoms with Gasteiger partial charge in [0.05, 0.1) is 27.8 Å². The first-order valence-electron chi connectivity index (χ1n) is 6.93. The normalized spacial score (nSPS) is 10.4. The van der Waals surface area contributed by atoms with E-state index in [4.69, 9.17) is 0 Å². The fourth-order valence-electron chi connectivity index (χ4n) is 2.03. The minimum atomic E-state index is -0.737. The van der Waals surface area contributed by atoms with Crippen LogP contribution in [-0.4, -0.2) is 29.5 Å². The van der Waals surface area contributed by atoms with Gasteiger partial charge in [-0.15, -0.1) is 0 Å². The number of para-hydroxylation sites is 1. The van der Waals surface area contributed by atoms with Gasteiger partial charge in [-0.3, -0.25) is 30.4 Å². The fraction of sp³-hybridized carbons (Fsp3) is 0.0667. The van der Waals surface area contributed by atoms with Gasteiger partial charge in [0.2, 0.25) is 6.41 Å². The number of hydrogen-bond donors (Lipinski definition) is 1. The summed E-state index contributed by atoms with van der Waals surface area (Å²) < 4.78 is 0. The molecule has 0 bridgehead atoms. The third kappa shape index (κ3) is 4.13. The summed E-state index contributed by atoms with van der Waals surface area (Å²) >= 11 is 0. The molecule has 1 amide bonds. The van der Waals surface area contributed by atoms with Gasteiger partial charge in [-0.1, -0.05) is 18.2 Å². The number of carbonyl (C=O) groups is 1. The number of carbonyl (C=O) groups excluding carboxylic acids is 1. The lowest BCUT2D eigenvalue weighted by Crippen LogP contribution is -2.15. The minimum absolute atomic E-state index is 0.00748. The molecule has 10 heteroatoms. The zero-order chi connectivity index (χ0) is 18.4. The molecule has 0 saturated heterocycles. The number of nitro benzene ring substituents is 2. The molecule has 10 nitrogen and oxygen atoms in total. The van der Waals surface area contributed by atoms with Gasteiger partial charge in [-0.25, -0.2) is 0 Å². The predicted molar refractivity (Wildman–Crippen MR) is 91.9 cm³/mol. The number of anilines is 2. The van der Waals surface area contributed by atoms with E-state index in [2.05, 4.69) is 10.5 Å². The number of rotatable bonds is 7. The van der Waals surface area contributed by atoms with Crippen molar-refractivity contribution in [1.29, 1.82) is 0 Å². The summed E-state index contributed by atoms with van der Waals surface area (Å²) in [4.78, 5) is 32.6. The van der Waals surface area contributed by atoms with E-state index < -0.39 is 15.5 Å². The van der Waals surface area contributed by atoms with Crippen molar-refractivity contribution in [3.05, 3.63) is 68.3 Å². The van der Waals surface area contributed by atoms with Crippen molar-refractivity contribution < 1.29 is 14.6 Å². The lowest BCUT2D eigenvalue weighted by molar-refractivity contribution is -0.393. The first kappa shape index (κ1) is 17.5. The Hall–Kier alpha value is -3.82. The maximum atomic E-state index is 11.1.